The molecule has 1 unspecified atom stereocenters. The van der Waals surface area contributed by atoms with Crippen LogP contribution in [0.15, 0.2) is 0 Å². The molecule has 0 saturated heterocycles. The van der Waals surface area contributed by atoms with E-state index >= 15 is 0 Å². The zero-order chi connectivity index (χ0) is 8.81. The molecule has 1 fully saturated rings. The fourth-order valence-electron chi connectivity index (χ4n) is 1.63. The third kappa shape index (κ3) is 0.677. The highest BCUT2D eigenvalue weighted by atomic mass is 16.6. The van der Waals surface area contributed by atoms with Gasteiger partial charge >= 0.3 is 5.54 Å². The molecule has 11 heavy (non-hydrogen) atoms. The third-order valence-electron chi connectivity index (χ3n) is 2.73. The van der Waals surface area contributed by atoms with Crippen molar-refractivity contribution in [1.29, 1.82) is 0 Å². The quantitative estimate of drug-likeness (QED) is 0.445. The Kier molecular flexibility index (Phi) is 1.40. The summed E-state index contributed by atoms with van der Waals surface area (Å²) in [4.78, 5) is 20.6. The second-order valence-electron chi connectivity index (χ2n) is 3.02. The van der Waals surface area contributed by atoms with Gasteiger partial charge in [-0.05, 0) is 0 Å². The van der Waals surface area contributed by atoms with Crippen molar-refractivity contribution in [3.63, 3.8) is 0 Å². The lowest BCUT2D eigenvalue weighted by Crippen LogP contribution is -2.40. The van der Waals surface area contributed by atoms with E-state index in [0.717, 1.165) is 0 Å². The third-order valence-corrected chi connectivity index (χ3v) is 2.73. The number of hydrogen-bond donors (Lipinski definition) is 1. The Morgan fingerprint density at radius 1 is 1.55 bits per heavy atom. The first-order valence-electron chi connectivity index (χ1n) is 3.40. The first kappa shape index (κ1) is 7.97. The summed E-state index contributed by atoms with van der Waals surface area (Å²) in [6.45, 7) is 3.33. The zero-order valence-corrected chi connectivity index (χ0v) is 6.40. The van der Waals surface area contributed by atoms with Gasteiger partial charge in [-0.2, -0.15) is 0 Å². The summed E-state index contributed by atoms with van der Waals surface area (Å²) in [7, 11) is 0. The summed E-state index contributed by atoms with van der Waals surface area (Å²) in [6.07, 6.45) is 0. The summed E-state index contributed by atoms with van der Waals surface area (Å²) in [5, 5.41) is 10.5. The molecule has 1 rings (SSSR count). The van der Waals surface area contributed by atoms with Gasteiger partial charge in [-0.15, -0.1) is 0 Å². The van der Waals surface area contributed by atoms with E-state index < -0.39 is 16.4 Å². The fourth-order valence-corrected chi connectivity index (χ4v) is 1.63. The minimum Gasteiger partial charge on any atom is -0.363 e. The van der Waals surface area contributed by atoms with E-state index in [2.05, 4.69) is 0 Å². The molecular weight excluding hydrogens is 148 g/mol. The van der Waals surface area contributed by atoms with Crippen LogP contribution in [0.2, 0.25) is 0 Å². The van der Waals surface area contributed by atoms with Crippen molar-refractivity contribution in [3.8, 4) is 0 Å². The Morgan fingerprint density at radius 2 is 1.91 bits per heavy atom. The zero-order valence-electron chi connectivity index (χ0n) is 6.40. The van der Waals surface area contributed by atoms with Crippen LogP contribution >= 0.6 is 0 Å². The second-order valence-corrected chi connectivity index (χ2v) is 3.02. The molecule has 5 heteroatoms. The molecule has 0 aromatic carbocycles. The van der Waals surface area contributed by atoms with Gasteiger partial charge in [-0.1, -0.05) is 13.8 Å². The predicted octanol–water partition coefficient (Wildman–Crippen LogP) is -0.227. The van der Waals surface area contributed by atoms with Crippen molar-refractivity contribution in [2.24, 2.45) is 17.6 Å². The van der Waals surface area contributed by atoms with Gasteiger partial charge in [0.05, 0.1) is 0 Å². The van der Waals surface area contributed by atoms with E-state index in [0.29, 0.717) is 0 Å². The topological polar surface area (TPSA) is 86.2 Å². The van der Waals surface area contributed by atoms with Crippen LogP contribution in [-0.2, 0) is 4.79 Å². The van der Waals surface area contributed by atoms with E-state index in [1.807, 2.05) is 0 Å². The van der Waals surface area contributed by atoms with Crippen molar-refractivity contribution in [2.75, 3.05) is 0 Å². The maximum atomic E-state index is 10.7. The number of carbonyl (C=O) groups is 1. The Hall–Kier alpha value is -1.13. The van der Waals surface area contributed by atoms with E-state index in [1.54, 1.807) is 13.8 Å². The highest BCUT2D eigenvalue weighted by molar-refractivity contribution is 5.87. The van der Waals surface area contributed by atoms with E-state index in [1.165, 1.54) is 0 Å². The number of rotatable bonds is 2. The van der Waals surface area contributed by atoms with Crippen LogP contribution in [0.5, 0.6) is 0 Å². The van der Waals surface area contributed by atoms with Gasteiger partial charge in [0.1, 0.15) is 0 Å². The van der Waals surface area contributed by atoms with Gasteiger partial charge in [0.15, 0.2) is 0 Å². The van der Waals surface area contributed by atoms with Crippen LogP contribution < -0.4 is 5.73 Å². The lowest BCUT2D eigenvalue weighted by molar-refractivity contribution is -0.528. The second kappa shape index (κ2) is 1.93. The number of nitrogens with two attached hydrogens (primary N) is 1. The van der Waals surface area contributed by atoms with Gasteiger partial charge in [0.2, 0.25) is 0 Å². The molecule has 1 saturated carbocycles. The van der Waals surface area contributed by atoms with Crippen LogP contribution in [0.1, 0.15) is 13.8 Å². The Balaban J connectivity index is 2.96. The van der Waals surface area contributed by atoms with Gasteiger partial charge in [-0.25, -0.2) is 0 Å². The highest BCUT2D eigenvalue weighted by Gasteiger charge is 2.75. The molecule has 0 radical (unpaired) electrons. The lowest BCUT2D eigenvalue weighted by Gasteiger charge is -2.02. The van der Waals surface area contributed by atoms with Crippen LogP contribution in [0.25, 0.3) is 0 Å². The van der Waals surface area contributed by atoms with Crippen LogP contribution in [0.3, 0.4) is 0 Å². The number of nitro groups is 1. The van der Waals surface area contributed by atoms with E-state index in [9.17, 15) is 14.9 Å². The van der Waals surface area contributed by atoms with Gasteiger partial charge in [0, 0.05) is 16.8 Å². The van der Waals surface area contributed by atoms with Crippen molar-refractivity contribution in [1.82, 2.24) is 0 Å². The van der Waals surface area contributed by atoms with Gasteiger partial charge in [0.25, 0.3) is 5.91 Å². The lowest BCUT2D eigenvalue weighted by atomic mass is 10.2. The molecule has 1 aliphatic carbocycles. The molecule has 1 amide bonds. The highest BCUT2D eigenvalue weighted by Crippen LogP contribution is 2.51. The molecule has 3 atom stereocenters. The van der Waals surface area contributed by atoms with Crippen molar-refractivity contribution in [2.45, 2.75) is 19.4 Å². The predicted molar refractivity (Wildman–Crippen MR) is 37.2 cm³/mol. The summed E-state index contributed by atoms with van der Waals surface area (Å²) in [5.41, 5.74) is 3.46. The maximum Gasteiger partial charge on any atom is 0.304 e. The molecule has 2 N–H and O–H groups in total. The SMILES string of the molecule is C[C@@H]1[C@H](C)C1(C(N)=O)[N+](=O)[O-]. The van der Waals surface area contributed by atoms with E-state index in [4.69, 9.17) is 5.73 Å². The summed E-state index contributed by atoms with van der Waals surface area (Å²) < 4.78 is 0. The Bertz CT molecular complexity index is 202. The smallest absolute Gasteiger partial charge is 0.304 e. The van der Waals surface area contributed by atoms with Crippen LogP contribution in [-0.4, -0.2) is 16.4 Å². The summed E-state index contributed by atoms with van der Waals surface area (Å²) in [5.74, 6) is -1.27. The molecule has 0 aliphatic heterocycles. The molecular formula is C6H10N2O3. The van der Waals surface area contributed by atoms with E-state index in [-0.39, 0.29) is 11.8 Å². The average Bonchev–Trinajstić information content (AvgIpc) is 2.37. The molecule has 0 heterocycles. The van der Waals surface area contributed by atoms with Gasteiger partial charge < -0.3 is 5.73 Å². The van der Waals surface area contributed by atoms with Gasteiger partial charge in [-0.3, -0.25) is 14.9 Å². The van der Waals surface area contributed by atoms with Crippen molar-refractivity contribution < 1.29 is 9.72 Å². The number of primary amides is 1. The molecule has 62 valence electrons. The van der Waals surface area contributed by atoms with Crippen LogP contribution in [0.4, 0.5) is 0 Å². The van der Waals surface area contributed by atoms with Crippen LogP contribution in [0, 0.1) is 22.0 Å². The monoisotopic (exact) mass is 158 g/mol. The largest absolute Gasteiger partial charge is 0.363 e. The number of amides is 1. The summed E-state index contributed by atoms with van der Waals surface area (Å²) in [6, 6.07) is 0. The standard InChI is InChI=1S/C6H10N2O3/c1-3-4(2)6(3,5(7)9)8(10)11/h3-4H,1-2H3,(H2,7,9)/t3-,4+,6?. The number of carbonyl (C=O) groups excluding carboxylic acids is 1. The fraction of sp³-hybridized carbons (Fsp3) is 0.833. The molecule has 0 spiro atoms. The van der Waals surface area contributed by atoms with Crippen molar-refractivity contribution >= 4 is 5.91 Å². The minimum atomic E-state index is -1.47. The molecule has 0 aromatic heterocycles. The number of hydrogen-bond acceptors (Lipinski definition) is 3. The molecule has 0 bridgehead atoms. The Labute approximate surface area is 63.7 Å². The Morgan fingerprint density at radius 3 is 1.91 bits per heavy atom. The summed E-state index contributed by atoms with van der Waals surface area (Å²) >= 11 is 0. The van der Waals surface area contributed by atoms with Crippen molar-refractivity contribution in [3.05, 3.63) is 10.1 Å². The molecule has 1 aliphatic rings. The minimum absolute atomic E-state index is 0.227. The molecule has 5 nitrogen and oxygen atoms in total. The average molecular weight is 158 g/mol. The molecule has 0 aromatic rings. The maximum absolute atomic E-state index is 10.7. The normalized spacial score (nSPS) is 41.6. The first-order valence-corrected chi connectivity index (χ1v) is 3.40. The number of nitrogens with zero attached hydrogens (tertiary/aromatic N) is 1. The first-order chi connectivity index (χ1) is 4.95.